The molecule has 1 heterocycles. The zero-order valence-electron chi connectivity index (χ0n) is 13.1. The first kappa shape index (κ1) is 15.1. The van der Waals surface area contributed by atoms with Gasteiger partial charge in [-0.3, -0.25) is 0 Å². The number of aromatic hydroxyl groups is 1. The highest BCUT2D eigenvalue weighted by molar-refractivity contribution is 5.96. The van der Waals surface area contributed by atoms with Crippen LogP contribution in [-0.4, -0.2) is 16.3 Å². The van der Waals surface area contributed by atoms with Gasteiger partial charge in [0.05, 0.1) is 18.7 Å². The van der Waals surface area contributed by atoms with Gasteiger partial charge >= 0.3 is 0 Å². The van der Waals surface area contributed by atoms with Crippen molar-refractivity contribution in [3.63, 3.8) is 0 Å². The average Bonchev–Trinajstić information content (AvgIpc) is 2.82. The van der Waals surface area contributed by atoms with Gasteiger partial charge in [-0.1, -0.05) is 30.3 Å². The van der Waals surface area contributed by atoms with Gasteiger partial charge < -0.3 is 14.4 Å². The Balaban J connectivity index is 2.06. The maximum atomic E-state index is 11.1. The Morgan fingerprint density at radius 3 is 2.57 bits per heavy atom. The summed E-state index contributed by atoms with van der Waals surface area (Å²) in [7, 11) is 0. The number of aromatic nitrogens is 1. The molecule has 2 aromatic carbocycles. The third kappa shape index (κ3) is 2.65. The summed E-state index contributed by atoms with van der Waals surface area (Å²) in [6.07, 6.45) is 0. The summed E-state index contributed by atoms with van der Waals surface area (Å²) in [6, 6.07) is 13.3. The van der Waals surface area contributed by atoms with E-state index in [1.165, 1.54) is 0 Å². The van der Waals surface area contributed by atoms with Crippen molar-refractivity contribution in [2.24, 2.45) is 5.18 Å². The van der Waals surface area contributed by atoms with E-state index in [9.17, 15) is 10.0 Å². The lowest BCUT2D eigenvalue weighted by Gasteiger charge is -2.10. The molecule has 0 amide bonds. The van der Waals surface area contributed by atoms with Crippen LogP contribution in [0.4, 0.5) is 5.69 Å². The normalized spacial score (nSPS) is 10.9. The van der Waals surface area contributed by atoms with E-state index in [-0.39, 0.29) is 11.6 Å². The van der Waals surface area contributed by atoms with E-state index in [2.05, 4.69) is 5.18 Å². The second-order valence-corrected chi connectivity index (χ2v) is 5.40. The number of aryl methyl sites for hydroxylation is 1. The van der Waals surface area contributed by atoms with E-state index in [0.29, 0.717) is 18.5 Å². The second kappa shape index (κ2) is 6.12. The molecule has 1 N–H and O–H groups in total. The summed E-state index contributed by atoms with van der Waals surface area (Å²) in [5.74, 6) is 0.711. The van der Waals surface area contributed by atoms with Gasteiger partial charge in [-0.15, -0.1) is 4.91 Å². The van der Waals surface area contributed by atoms with Crippen molar-refractivity contribution in [2.45, 2.75) is 20.4 Å². The molecule has 118 valence electrons. The lowest BCUT2D eigenvalue weighted by atomic mass is 10.1. The topological polar surface area (TPSA) is 63.8 Å². The first-order valence-corrected chi connectivity index (χ1v) is 7.51. The van der Waals surface area contributed by atoms with Crippen molar-refractivity contribution in [3.05, 3.63) is 58.5 Å². The Morgan fingerprint density at radius 1 is 1.17 bits per heavy atom. The molecule has 3 rings (SSSR count). The largest absolute Gasteiger partial charge is 0.494 e. The van der Waals surface area contributed by atoms with Gasteiger partial charge in [0.15, 0.2) is 5.69 Å². The van der Waals surface area contributed by atoms with E-state index in [1.807, 2.05) is 50.2 Å². The lowest BCUT2D eigenvalue weighted by molar-refractivity contribution is 0.340. The minimum atomic E-state index is -0.0989. The number of fused-ring (bicyclic) bond motifs is 1. The fraction of sp³-hybridized carbons (Fsp3) is 0.222. The van der Waals surface area contributed by atoms with Crippen LogP contribution < -0.4 is 4.74 Å². The third-order valence-electron chi connectivity index (χ3n) is 3.90. The highest BCUT2D eigenvalue weighted by Gasteiger charge is 2.18. The van der Waals surface area contributed by atoms with Crippen LogP contribution in [0.15, 0.2) is 47.6 Å². The number of hydrogen-bond donors (Lipinski definition) is 1. The highest BCUT2D eigenvalue weighted by Crippen LogP contribution is 2.40. The van der Waals surface area contributed by atoms with Crippen molar-refractivity contribution < 1.29 is 9.84 Å². The predicted molar refractivity (Wildman–Crippen MR) is 90.5 cm³/mol. The van der Waals surface area contributed by atoms with Crippen molar-refractivity contribution >= 4 is 16.6 Å². The standard InChI is InChI=1S/C18H18N2O3/c1-3-23-14-9-7-13(8-10-14)11-20-17-12(2)5-4-6-15(17)16(19-22)18(20)21/h4-10,21H,3,11H2,1-2H3. The predicted octanol–water partition coefficient (Wildman–Crippen LogP) is 4.50. The fourth-order valence-electron chi connectivity index (χ4n) is 2.85. The smallest absolute Gasteiger partial charge is 0.222 e. The number of rotatable bonds is 5. The van der Waals surface area contributed by atoms with E-state index in [4.69, 9.17) is 4.74 Å². The number of benzene rings is 2. The SMILES string of the molecule is CCOc1ccc(Cn2c(O)c(N=O)c3cccc(C)c32)cc1. The van der Waals surface area contributed by atoms with Gasteiger partial charge in [-0.2, -0.15) is 0 Å². The Hall–Kier alpha value is -2.82. The molecule has 0 aliphatic carbocycles. The third-order valence-corrected chi connectivity index (χ3v) is 3.90. The van der Waals surface area contributed by atoms with Crippen LogP contribution in [-0.2, 0) is 6.54 Å². The van der Waals surface area contributed by atoms with Crippen LogP contribution >= 0.6 is 0 Å². The molecular formula is C18H18N2O3. The van der Waals surface area contributed by atoms with E-state index < -0.39 is 0 Å². The Kier molecular flexibility index (Phi) is 4.02. The minimum Gasteiger partial charge on any atom is -0.494 e. The summed E-state index contributed by atoms with van der Waals surface area (Å²) in [6.45, 7) is 4.96. The molecule has 0 saturated heterocycles. The number of nitrogens with zero attached hydrogens (tertiary/aromatic N) is 2. The molecule has 0 aliphatic rings. The van der Waals surface area contributed by atoms with Crippen LogP contribution in [0.3, 0.4) is 0 Å². The van der Waals surface area contributed by atoms with Crippen LogP contribution in [0.2, 0.25) is 0 Å². The second-order valence-electron chi connectivity index (χ2n) is 5.40. The number of ether oxygens (including phenoxy) is 1. The number of para-hydroxylation sites is 1. The van der Waals surface area contributed by atoms with Crippen LogP contribution in [0.25, 0.3) is 10.9 Å². The molecule has 0 bridgehead atoms. The van der Waals surface area contributed by atoms with Crippen molar-refractivity contribution in [1.82, 2.24) is 4.57 Å². The summed E-state index contributed by atoms with van der Waals surface area (Å²) >= 11 is 0. The Morgan fingerprint density at radius 2 is 1.91 bits per heavy atom. The van der Waals surface area contributed by atoms with Gasteiger partial charge in [0.1, 0.15) is 5.75 Å². The Bertz CT molecular complexity index is 851. The quantitative estimate of drug-likeness (QED) is 0.706. The maximum absolute atomic E-state index is 11.1. The van der Waals surface area contributed by atoms with Gasteiger partial charge in [0.25, 0.3) is 0 Å². The van der Waals surface area contributed by atoms with Crippen LogP contribution in [0, 0.1) is 11.8 Å². The molecule has 0 fully saturated rings. The maximum Gasteiger partial charge on any atom is 0.222 e. The molecule has 5 heteroatoms. The molecule has 0 spiro atoms. The first-order chi connectivity index (χ1) is 11.2. The Labute approximate surface area is 134 Å². The minimum absolute atomic E-state index is 0.0923. The number of hydrogen-bond acceptors (Lipinski definition) is 4. The summed E-state index contributed by atoms with van der Waals surface area (Å²) < 4.78 is 7.15. The van der Waals surface area contributed by atoms with E-state index >= 15 is 0 Å². The summed E-state index contributed by atoms with van der Waals surface area (Å²) in [4.78, 5) is 11.1. The monoisotopic (exact) mass is 310 g/mol. The molecule has 23 heavy (non-hydrogen) atoms. The van der Waals surface area contributed by atoms with Crippen molar-refractivity contribution in [3.8, 4) is 11.6 Å². The molecule has 0 radical (unpaired) electrons. The summed E-state index contributed by atoms with van der Waals surface area (Å²) in [5.41, 5.74) is 2.91. The molecule has 5 nitrogen and oxygen atoms in total. The van der Waals surface area contributed by atoms with Crippen LogP contribution in [0.1, 0.15) is 18.1 Å². The molecule has 3 aromatic rings. The highest BCUT2D eigenvalue weighted by atomic mass is 16.5. The molecule has 1 aromatic heterocycles. The average molecular weight is 310 g/mol. The lowest BCUT2D eigenvalue weighted by Crippen LogP contribution is -2.00. The summed E-state index contributed by atoms with van der Waals surface area (Å²) in [5, 5.41) is 14.1. The fourth-order valence-corrected chi connectivity index (χ4v) is 2.85. The van der Waals surface area contributed by atoms with E-state index in [1.54, 1.807) is 10.6 Å². The van der Waals surface area contributed by atoms with E-state index in [0.717, 1.165) is 22.4 Å². The molecule has 0 unspecified atom stereocenters. The van der Waals surface area contributed by atoms with Crippen molar-refractivity contribution in [2.75, 3.05) is 6.61 Å². The zero-order valence-corrected chi connectivity index (χ0v) is 13.1. The number of nitroso groups, excluding NO2 is 1. The molecular weight excluding hydrogens is 292 g/mol. The van der Waals surface area contributed by atoms with Gasteiger partial charge in [-0.25, -0.2) is 0 Å². The molecule has 0 aliphatic heterocycles. The molecule has 0 atom stereocenters. The molecule has 0 saturated carbocycles. The van der Waals surface area contributed by atoms with Crippen LogP contribution in [0.5, 0.6) is 11.6 Å². The van der Waals surface area contributed by atoms with Crippen molar-refractivity contribution in [1.29, 1.82) is 0 Å². The van der Waals surface area contributed by atoms with Gasteiger partial charge in [0, 0.05) is 5.39 Å². The first-order valence-electron chi connectivity index (χ1n) is 7.51. The van der Waals surface area contributed by atoms with Gasteiger partial charge in [-0.05, 0) is 42.3 Å². The van der Waals surface area contributed by atoms with Gasteiger partial charge in [0.2, 0.25) is 5.88 Å². The zero-order chi connectivity index (χ0) is 16.4.